The summed E-state index contributed by atoms with van der Waals surface area (Å²) in [5.74, 6) is -0.00763. The van der Waals surface area contributed by atoms with Crippen LogP contribution in [0.3, 0.4) is 0 Å². The lowest BCUT2D eigenvalue weighted by Gasteiger charge is -2.11. The van der Waals surface area contributed by atoms with Crippen LogP contribution in [0.25, 0.3) is 11.0 Å². The molecule has 1 N–H and O–H groups in total. The van der Waals surface area contributed by atoms with Crippen LogP contribution in [0.15, 0.2) is 17.6 Å². The Balaban J connectivity index is 1.97. The molecule has 2 aromatic heterocycles. The topological polar surface area (TPSA) is 81.9 Å². The van der Waals surface area contributed by atoms with Gasteiger partial charge in [0.15, 0.2) is 5.65 Å². The Morgan fingerprint density at radius 2 is 2.33 bits per heavy atom. The van der Waals surface area contributed by atoms with E-state index in [4.69, 9.17) is 4.74 Å². The van der Waals surface area contributed by atoms with E-state index in [-0.39, 0.29) is 11.2 Å². The van der Waals surface area contributed by atoms with Crippen molar-refractivity contribution in [2.75, 3.05) is 20.3 Å². The number of thioether (sulfide) groups is 1. The molecule has 0 radical (unpaired) electrons. The zero-order valence-electron chi connectivity index (χ0n) is 12.4. The van der Waals surface area contributed by atoms with Crippen LogP contribution in [-0.4, -0.2) is 51.2 Å². The molecule has 2 rings (SSSR count). The number of methoxy groups -OCH3 is 1. The van der Waals surface area contributed by atoms with Crippen molar-refractivity contribution in [1.29, 1.82) is 0 Å². The van der Waals surface area contributed by atoms with Crippen molar-refractivity contribution in [1.82, 2.24) is 25.1 Å². The van der Waals surface area contributed by atoms with E-state index in [1.807, 2.05) is 14.0 Å². The Bertz CT molecular complexity index is 616. The summed E-state index contributed by atoms with van der Waals surface area (Å²) in [4.78, 5) is 20.5. The van der Waals surface area contributed by atoms with Gasteiger partial charge in [0.2, 0.25) is 5.91 Å². The van der Waals surface area contributed by atoms with E-state index >= 15 is 0 Å². The highest BCUT2D eigenvalue weighted by Gasteiger charge is 2.17. The molecule has 0 aromatic carbocycles. The number of amides is 1. The molecule has 0 fully saturated rings. The Morgan fingerprint density at radius 3 is 3.10 bits per heavy atom. The minimum absolute atomic E-state index is 0.00763. The lowest BCUT2D eigenvalue weighted by atomic mass is 10.4. The Kier molecular flexibility index (Phi) is 5.51. The highest BCUT2D eigenvalue weighted by atomic mass is 32.2. The third-order valence-electron chi connectivity index (χ3n) is 2.97. The normalized spacial score (nSPS) is 12.5. The number of fused-ring (bicyclic) bond motifs is 1. The minimum Gasteiger partial charge on any atom is -0.385 e. The lowest BCUT2D eigenvalue weighted by molar-refractivity contribution is -0.120. The van der Waals surface area contributed by atoms with Gasteiger partial charge < -0.3 is 10.1 Å². The van der Waals surface area contributed by atoms with Gasteiger partial charge in [-0.25, -0.2) is 9.97 Å². The molecule has 0 bridgehead atoms. The van der Waals surface area contributed by atoms with Crippen LogP contribution in [0.5, 0.6) is 0 Å². The van der Waals surface area contributed by atoms with Crippen LogP contribution in [0.2, 0.25) is 0 Å². The molecule has 0 saturated carbocycles. The molecule has 0 aliphatic carbocycles. The molecule has 1 atom stereocenters. The van der Waals surface area contributed by atoms with E-state index in [1.165, 1.54) is 18.1 Å². The van der Waals surface area contributed by atoms with Gasteiger partial charge in [-0.05, 0) is 13.3 Å². The molecule has 0 saturated heterocycles. The van der Waals surface area contributed by atoms with Crippen LogP contribution in [0.1, 0.15) is 13.3 Å². The first-order valence-corrected chi connectivity index (χ1v) is 7.57. The van der Waals surface area contributed by atoms with Gasteiger partial charge in [-0.15, -0.1) is 0 Å². The fourth-order valence-corrected chi connectivity index (χ4v) is 2.73. The Labute approximate surface area is 127 Å². The van der Waals surface area contributed by atoms with Crippen molar-refractivity contribution in [3.63, 3.8) is 0 Å². The van der Waals surface area contributed by atoms with Gasteiger partial charge in [0.25, 0.3) is 0 Å². The van der Waals surface area contributed by atoms with E-state index in [0.717, 1.165) is 22.5 Å². The fraction of sp³-hybridized carbons (Fsp3) is 0.538. The van der Waals surface area contributed by atoms with E-state index in [9.17, 15) is 4.79 Å². The van der Waals surface area contributed by atoms with Crippen LogP contribution < -0.4 is 5.32 Å². The Hall–Kier alpha value is -1.67. The van der Waals surface area contributed by atoms with Gasteiger partial charge in [-0.3, -0.25) is 9.48 Å². The first-order valence-electron chi connectivity index (χ1n) is 6.69. The predicted molar refractivity (Wildman–Crippen MR) is 81.1 cm³/mol. The summed E-state index contributed by atoms with van der Waals surface area (Å²) in [6.07, 6.45) is 4.02. The summed E-state index contributed by atoms with van der Waals surface area (Å²) in [7, 11) is 3.48. The molecule has 1 unspecified atom stereocenters. The zero-order valence-corrected chi connectivity index (χ0v) is 13.2. The van der Waals surface area contributed by atoms with Crippen molar-refractivity contribution in [2.24, 2.45) is 7.05 Å². The average Bonchev–Trinajstić information content (AvgIpc) is 2.86. The number of aryl methyl sites for hydroxylation is 1. The molecule has 7 nitrogen and oxygen atoms in total. The van der Waals surface area contributed by atoms with Crippen molar-refractivity contribution in [3.8, 4) is 0 Å². The number of ether oxygens (including phenoxy) is 1. The summed E-state index contributed by atoms with van der Waals surface area (Å²) in [6, 6.07) is 0. The highest BCUT2D eigenvalue weighted by Crippen LogP contribution is 2.27. The SMILES string of the molecule is COCCCNC(=O)C(C)Sc1ncnc2c1cnn2C. The molecule has 8 heteroatoms. The number of hydrogen-bond donors (Lipinski definition) is 1. The number of nitrogens with zero attached hydrogens (tertiary/aromatic N) is 4. The molecule has 114 valence electrons. The van der Waals surface area contributed by atoms with Crippen molar-refractivity contribution < 1.29 is 9.53 Å². The molecule has 0 aliphatic heterocycles. The fourth-order valence-electron chi connectivity index (χ4n) is 1.83. The maximum absolute atomic E-state index is 12.0. The summed E-state index contributed by atoms with van der Waals surface area (Å²) in [5, 5.41) is 8.46. The molecule has 1 amide bonds. The van der Waals surface area contributed by atoms with E-state index < -0.39 is 0 Å². The largest absolute Gasteiger partial charge is 0.385 e. The van der Waals surface area contributed by atoms with E-state index in [0.29, 0.717) is 13.2 Å². The summed E-state index contributed by atoms with van der Waals surface area (Å²) in [6.45, 7) is 3.12. The number of hydrogen-bond acceptors (Lipinski definition) is 6. The number of aromatic nitrogens is 4. The summed E-state index contributed by atoms with van der Waals surface area (Å²) < 4.78 is 6.64. The van der Waals surface area contributed by atoms with Gasteiger partial charge in [0.1, 0.15) is 11.4 Å². The van der Waals surface area contributed by atoms with Crippen LogP contribution in [0.4, 0.5) is 0 Å². The highest BCUT2D eigenvalue weighted by molar-refractivity contribution is 8.00. The first-order chi connectivity index (χ1) is 10.1. The third-order valence-corrected chi connectivity index (χ3v) is 4.09. The van der Waals surface area contributed by atoms with Crippen LogP contribution >= 0.6 is 11.8 Å². The molecular weight excluding hydrogens is 290 g/mol. The molecular formula is C13H19N5O2S. The van der Waals surface area contributed by atoms with Crippen molar-refractivity contribution in [2.45, 2.75) is 23.6 Å². The smallest absolute Gasteiger partial charge is 0.233 e. The van der Waals surface area contributed by atoms with Crippen LogP contribution in [-0.2, 0) is 16.6 Å². The van der Waals surface area contributed by atoms with Gasteiger partial charge >= 0.3 is 0 Å². The quantitative estimate of drug-likeness (QED) is 0.467. The molecule has 2 heterocycles. The second-order valence-electron chi connectivity index (χ2n) is 4.58. The monoisotopic (exact) mass is 309 g/mol. The van der Waals surface area contributed by atoms with Crippen molar-refractivity contribution in [3.05, 3.63) is 12.5 Å². The van der Waals surface area contributed by atoms with Gasteiger partial charge in [-0.1, -0.05) is 11.8 Å². The number of carbonyl (C=O) groups is 1. The minimum atomic E-state index is -0.231. The number of carbonyl (C=O) groups excluding carboxylic acids is 1. The second kappa shape index (κ2) is 7.37. The van der Waals surface area contributed by atoms with E-state index in [2.05, 4.69) is 20.4 Å². The van der Waals surface area contributed by atoms with Gasteiger partial charge in [0, 0.05) is 27.3 Å². The molecule has 21 heavy (non-hydrogen) atoms. The Morgan fingerprint density at radius 1 is 1.52 bits per heavy atom. The maximum Gasteiger partial charge on any atom is 0.233 e. The second-order valence-corrected chi connectivity index (χ2v) is 5.91. The zero-order chi connectivity index (χ0) is 15.2. The lowest BCUT2D eigenvalue weighted by Crippen LogP contribution is -2.32. The van der Waals surface area contributed by atoms with Gasteiger partial charge in [0.05, 0.1) is 16.8 Å². The first kappa shape index (κ1) is 15.7. The third kappa shape index (κ3) is 3.92. The number of rotatable bonds is 7. The number of nitrogens with one attached hydrogen (secondary N) is 1. The van der Waals surface area contributed by atoms with Crippen LogP contribution in [0, 0.1) is 0 Å². The van der Waals surface area contributed by atoms with Crippen molar-refractivity contribution >= 4 is 28.7 Å². The summed E-state index contributed by atoms with van der Waals surface area (Å²) in [5.41, 5.74) is 0.764. The standard InChI is InChI=1S/C13H19N5O2S/c1-9(12(19)14-5-4-6-20-3)21-13-10-7-17-18(2)11(10)15-8-16-13/h7-9H,4-6H2,1-3H3,(H,14,19). The van der Waals surface area contributed by atoms with Gasteiger partial charge in [-0.2, -0.15) is 5.10 Å². The molecule has 2 aromatic rings. The van der Waals surface area contributed by atoms with E-state index in [1.54, 1.807) is 18.0 Å². The maximum atomic E-state index is 12.0. The average molecular weight is 309 g/mol. The molecule has 0 aliphatic rings. The summed E-state index contributed by atoms with van der Waals surface area (Å²) >= 11 is 1.41. The molecule has 0 spiro atoms. The predicted octanol–water partition coefficient (Wildman–Crippen LogP) is 0.997.